The molecule has 0 bridgehead atoms. The summed E-state index contributed by atoms with van der Waals surface area (Å²) in [6, 6.07) is 0. The molecular formula is C13H23N5O2S. The Hall–Kier alpha value is -1.38. The molecule has 2 heterocycles. The van der Waals surface area contributed by atoms with Crippen LogP contribution in [0.5, 0.6) is 0 Å². The maximum atomic E-state index is 12.1. The number of aliphatic hydroxyl groups excluding tert-OH is 1. The topological polar surface area (TPSA) is 94.7 Å². The van der Waals surface area contributed by atoms with Crippen LogP contribution in [0, 0.1) is 0 Å². The maximum Gasteiger partial charge on any atom is 0.265 e. The summed E-state index contributed by atoms with van der Waals surface area (Å²) in [7, 11) is 2.10. The fraction of sp³-hybridized carbons (Fsp3) is 0.692. The number of unbranched alkanes of at least 4 members (excludes halogenated alkanes) is 1. The van der Waals surface area contributed by atoms with Gasteiger partial charge in [-0.25, -0.2) is 4.98 Å². The summed E-state index contributed by atoms with van der Waals surface area (Å²) >= 11 is 1.35. The molecule has 1 saturated heterocycles. The summed E-state index contributed by atoms with van der Waals surface area (Å²) in [5.41, 5.74) is 5.87. The molecule has 0 unspecified atom stereocenters. The molecule has 1 fully saturated rings. The summed E-state index contributed by atoms with van der Waals surface area (Å²) in [6.45, 7) is 4.47. The number of hydrogen-bond acceptors (Lipinski definition) is 7. The number of aromatic nitrogens is 1. The fourth-order valence-electron chi connectivity index (χ4n) is 2.13. The molecule has 0 saturated carbocycles. The lowest BCUT2D eigenvalue weighted by molar-refractivity contribution is 0.0957. The highest BCUT2D eigenvalue weighted by Gasteiger charge is 2.21. The SMILES string of the molecule is CN1CCN(c2nc(N)c(C(=O)NCCCCO)s2)CC1. The Labute approximate surface area is 128 Å². The van der Waals surface area contributed by atoms with Gasteiger partial charge in [-0.3, -0.25) is 4.79 Å². The molecule has 1 aliphatic rings. The predicted octanol–water partition coefficient (Wildman–Crippen LogP) is -0.0206. The average molecular weight is 313 g/mol. The number of nitrogens with zero attached hydrogens (tertiary/aromatic N) is 3. The maximum absolute atomic E-state index is 12.1. The zero-order valence-electron chi connectivity index (χ0n) is 12.3. The van der Waals surface area contributed by atoms with Crippen molar-refractivity contribution in [2.24, 2.45) is 0 Å². The average Bonchev–Trinajstić information content (AvgIpc) is 2.86. The summed E-state index contributed by atoms with van der Waals surface area (Å²) in [6.07, 6.45) is 1.44. The van der Waals surface area contributed by atoms with Crippen LogP contribution in [0.25, 0.3) is 0 Å². The van der Waals surface area contributed by atoms with Crippen molar-refractivity contribution in [3.8, 4) is 0 Å². The molecule has 0 spiro atoms. The lowest BCUT2D eigenvalue weighted by atomic mass is 10.3. The van der Waals surface area contributed by atoms with Crippen molar-refractivity contribution >= 4 is 28.2 Å². The van der Waals surface area contributed by atoms with Crippen LogP contribution in [-0.4, -0.2) is 67.3 Å². The third-order valence-electron chi connectivity index (χ3n) is 3.49. The third kappa shape index (κ3) is 4.29. The summed E-state index contributed by atoms with van der Waals surface area (Å²) in [5, 5.41) is 12.3. The molecule has 1 aliphatic heterocycles. The molecule has 8 heteroatoms. The molecule has 0 aliphatic carbocycles. The quantitative estimate of drug-likeness (QED) is 0.639. The molecule has 1 amide bonds. The highest BCUT2D eigenvalue weighted by molar-refractivity contribution is 7.18. The van der Waals surface area contributed by atoms with Gasteiger partial charge in [0, 0.05) is 39.3 Å². The van der Waals surface area contributed by atoms with E-state index in [4.69, 9.17) is 10.8 Å². The van der Waals surface area contributed by atoms with Crippen LogP contribution < -0.4 is 16.0 Å². The van der Waals surface area contributed by atoms with E-state index >= 15 is 0 Å². The van der Waals surface area contributed by atoms with E-state index in [2.05, 4.69) is 27.1 Å². The molecule has 4 N–H and O–H groups in total. The minimum Gasteiger partial charge on any atom is -0.396 e. The number of likely N-dealkylation sites (N-methyl/N-ethyl adjacent to an activating group) is 1. The number of carbonyl (C=O) groups excluding carboxylic acids is 1. The van der Waals surface area contributed by atoms with Gasteiger partial charge in [0.05, 0.1) is 0 Å². The fourth-order valence-corrected chi connectivity index (χ4v) is 3.09. The Bertz CT molecular complexity index is 471. The number of rotatable bonds is 6. The predicted molar refractivity (Wildman–Crippen MR) is 84.9 cm³/mol. The van der Waals surface area contributed by atoms with Gasteiger partial charge in [-0.15, -0.1) is 0 Å². The van der Waals surface area contributed by atoms with Crippen molar-refractivity contribution in [3.63, 3.8) is 0 Å². The Morgan fingerprint density at radius 3 is 2.76 bits per heavy atom. The second kappa shape index (κ2) is 7.58. The first kappa shape index (κ1) is 16.0. The van der Waals surface area contributed by atoms with Crippen molar-refractivity contribution in [1.29, 1.82) is 0 Å². The molecule has 0 radical (unpaired) electrons. The standard InChI is InChI=1S/C13H23N5O2S/c1-17-5-7-18(8-6-17)13-16-11(14)10(21-13)12(20)15-4-2-3-9-19/h19H,2-9,14H2,1H3,(H,15,20). The molecule has 0 atom stereocenters. The molecule has 7 nitrogen and oxygen atoms in total. The number of nitrogens with two attached hydrogens (primary N) is 1. The molecule has 0 aromatic carbocycles. The van der Waals surface area contributed by atoms with E-state index in [0.29, 0.717) is 23.7 Å². The lowest BCUT2D eigenvalue weighted by Crippen LogP contribution is -2.44. The second-order valence-corrected chi connectivity index (χ2v) is 6.17. The molecule has 2 rings (SSSR count). The van der Waals surface area contributed by atoms with Crippen LogP contribution in [0.2, 0.25) is 0 Å². The summed E-state index contributed by atoms with van der Waals surface area (Å²) in [4.78, 5) is 21.3. The molecule has 1 aromatic heterocycles. The molecular weight excluding hydrogens is 290 g/mol. The van der Waals surface area contributed by atoms with Crippen LogP contribution in [0.3, 0.4) is 0 Å². The van der Waals surface area contributed by atoms with Gasteiger partial charge in [-0.1, -0.05) is 11.3 Å². The van der Waals surface area contributed by atoms with Crippen LogP contribution in [0.15, 0.2) is 0 Å². The number of hydrogen-bond donors (Lipinski definition) is 3. The number of aliphatic hydroxyl groups is 1. The van der Waals surface area contributed by atoms with Gasteiger partial charge in [0.2, 0.25) is 0 Å². The summed E-state index contributed by atoms with van der Waals surface area (Å²) < 4.78 is 0. The monoisotopic (exact) mass is 313 g/mol. The van der Waals surface area contributed by atoms with Gasteiger partial charge in [-0.05, 0) is 19.9 Å². The first-order valence-electron chi connectivity index (χ1n) is 7.20. The van der Waals surface area contributed by atoms with Crippen molar-refractivity contribution in [3.05, 3.63) is 4.88 Å². The second-order valence-electron chi connectivity index (χ2n) is 5.19. The van der Waals surface area contributed by atoms with Crippen LogP contribution in [0.4, 0.5) is 10.9 Å². The van der Waals surface area contributed by atoms with E-state index in [-0.39, 0.29) is 12.5 Å². The Morgan fingerprint density at radius 1 is 1.38 bits per heavy atom. The van der Waals surface area contributed by atoms with Gasteiger partial charge in [0.1, 0.15) is 10.7 Å². The van der Waals surface area contributed by atoms with Gasteiger partial charge in [-0.2, -0.15) is 0 Å². The minimum absolute atomic E-state index is 0.145. The van der Waals surface area contributed by atoms with Crippen LogP contribution >= 0.6 is 11.3 Å². The highest BCUT2D eigenvalue weighted by atomic mass is 32.1. The molecule has 118 valence electrons. The van der Waals surface area contributed by atoms with E-state index in [1.807, 2.05) is 0 Å². The lowest BCUT2D eigenvalue weighted by Gasteiger charge is -2.31. The van der Waals surface area contributed by atoms with Crippen LogP contribution in [-0.2, 0) is 0 Å². The van der Waals surface area contributed by atoms with Crippen molar-refractivity contribution in [1.82, 2.24) is 15.2 Å². The normalized spacial score (nSPS) is 16.2. The number of nitrogens with one attached hydrogen (secondary N) is 1. The van der Waals surface area contributed by atoms with Gasteiger partial charge in [0.15, 0.2) is 5.13 Å². The van der Waals surface area contributed by atoms with Gasteiger partial charge in [0.25, 0.3) is 5.91 Å². The minimum atomic E-state index is -0.177. The zero-order chi connectivity index (χ0) is 15.2. The first-order valence-corrected chi connectivity index (χ1v) is 8.02. The number of piperazine rings is 1. The largest absolute Gasteiger partial charge is 0.396 e. The Balaban J connectivity index is 1.93. The zero-order valence-corrected chi connectivity index (χ0v) is 13.2. The number of amides is 1. The van der Waals surface area contributed by atoms with E-state index in [0.717, 1.165) is 37.7 Å². The summed E-state index contributed by atoms with van der Waals surface area (Å²) in [5.74, 6) is 0.122. The van der Waals surface area contributed by atoms with Gasteiger partial charge >= 0.3 is 0 Å². The van der Waals surface area contributed by atoms with Crippen LogP contribution in [0.1, 0.15) is 22.5 Å². The smallest absolute Gasteiger partial charge is 0.265 e. The number of thiazole rings is 1. The molecule has 1 aromatic rings. The highest BCUT2D eigenvalue weighted by Crippen LogP contribution is 2.28. The van der Waals surface area contributed by atoms with E-state index < -0.39 is 0 Å². The number of anilines is 2. The van der Waals surface area contributed by atoms with E-state index in [9.17, 15) is 4.79 Å². The Kier molecular flexibility index (Phi) is 5.77. The van der Waals surface area contributed by atoms with E-state index in [1.165, 1.54) is 11.3 Å². The first-order chi connectivity index (χ1) is 10.1. The van der Waals surface area contributed by atoms with Crippen molar-refractivity contribution in [2.75, 3.05) is 57.0 Å². The van der Waals surface area contributed by atoms with Crippen molar-refractivity contribution in [2.45, 2.75) is 12.8 Å². The molecule has 21 heavy (non-hydrogen) atoms. The number of carbonyl (C=O) groups is 1. The van der Waals surface area contributed by atoms with Gasteiger partial charge < -0.3 is 26.0 Å². The number of nitrogen functional groups attached to an aromatic ring is 1. The van der Waals surface area contributed by atoms with Crippen molar-refractivity contribution < 1.29 is 9.90 Å². The third-order valence-corrected chi connectivity index (χ3v) is 4.62. The Morgan fingerprint density at radius 2 is 2.10 bits per heavy atom. The van der Waals surface area contributed by atoms with E-state index in [1.54, 1.807) is 0 Å².